The molecule has 1 aromatic heterocycles. The molecule has 7 atom stereocenters. The van der Waals surface area contributed by atoms with E-state index in [1.807, 2.05) is 24.3 Å². The molecular weight excluding hydrogens is 538 g/mol. The van der Waals surface area contributed by atoms with Gasteiger partial charge in [-0.2, -0.15) is 0 Å². The number of aromatic hydroxyl groups is 1. The Hall–Kier alpha value is -4.17. The van der Waals surface area contributed by atoms with Crippen LogP contribution in [-0.2, 0) is 25.5 Å². The number of carbonyl (C=O) groups excluding carboxylic acids is 2. The smallest absolute Gasteiger partial charge is 0.335 e. The highest BCUT2D eigenvalue weighted by molar-refractivity contribution is 5.97. The standard InChI is InChI=1S/C28H29N3O10/c1-11-7-18(40-28-24(36)22(34)23(35)25(41-28)27(38)39)17(32)9-13(11)21-20-14(12-5-3-4-6-15(12)29-20)8-16-26(37)30(2)10-19(33)31(16)21/h3-7,9,16,21-25,28-29,32,34-36H,8,10H2,1-2H3,(H,38,39)/t16-,21-,22+,23+,24-,25+,28-/m1/s1/i2D3. The van der Waals surface area contributed by atoms with Gasteiger partial charge in [0.15, 0.2) is 17.6 Å². The lowest BCUT2D eigenvalue weighted by Crippen LogP contribution is -2.62. The van der Waals surface area contributed by atoms with Gasteiger partial charge in [-0.1, -0.05) is 18.2 Å². The number of benzene rings is 2. The highest BCUT2D eigenvalue weighted by Crippen LogP contribution is 2.45. The van der Waals surface area contributed by atoms with E-state index in [2.05, 4.69) is 4.98 Å². The molecule has 2 fully saturated rings. The number of nitrogens with zero attached hydrogens (tertiary/aromatic N) is 2. The van der Waals surface area contributed by atoms with E-state index in [4.69, 9.17) is 13.6 Å². The van der Waals surface area contributed by atoms with Crippen molar-refractivity contribution < 1.29 is 53.5 Å². The zero-order valence-electron chi connectivity index (χ0n) is 24.6. The van der Waals surface area contributed by atoms with Gasteiger partial charge in [0.1, 0.15) is 24.4 Å². The van der Waals surface area contributed by atoms with Crippen LogP contribution in [0.1, 0.15) is 32.5 Å². The molecule has 3 aromatic rings. The summed E-state index contributed by atoms with van der Waals surface area (Å²) in [5.74, 6) is -3.71. The molecule has 0 aliphatic carbocycles. The Bertz CT molecular complexity index is 1680. The number of carbonyl (C=O) groups is 3. The van der Waals surface area contributed by atoms with Crippen LogP contribution >= 0.6 is 0 Å². The second-order valence-corrected chi connectivity index (χ2v) is 10.4. The number of likely N-dealkylation sites (N-methyl/N-ethyl adjacent to an activating group) is 1. The minimum absolute atomic E-state index is 0.0645. The van der Waals surface area contributed by atoms with E-state index < -0.39 is 79.8 Å². The number of aromatic nitrogens is 1. The maximum atomic E-state index is 13.6. The van der Waals surface area contributed by atoms with Crippen molar-refractivity contribution in [1.29, 1.82) is 0 Å². The summed E-state index contributed by atoms with van der Waals surface area (Å²) in [4.78, 5) is 43.9. The number of phenols is 1. The quantitative estimate of drug-likeness (QED) is 0.244. The number of rotatable bonds is 4. The van der Waals surface area contributed by atoms with Gasteiger partial charge in [-0.3, -0.25) is 9.59 Å². The van der Waals surface area contributed by atoms with Crippen LogP contribution < -0.4 is 4.74 Å². The number of carboxylic acid groups (broad SMARTS) is 1. The molecule has 3 aliphatic rings. The number of carboxylic acids is 1. The third-order valence-electron chi connectivity index (χ3n) is 7.96. The van der Waals surface area contributed by atoms with Crippen LogP contribution in [0.3, 0.4) is 0 Å². The zero-order valence-corrected chi connectivity index (χ0v) is 21.6. The molecule has 2 saturated heterocycles. The summed E-state index contributed by atoms with van der Waals surface area (Å²) < 4.78 is 34.1. The number of para-hydroxylation sites is 1. The number of H-pyrrole nitrogens is 1. The number of ether oxygens (including phenoxy) is 2. The maximum Gasteiger partial charge on any atom is 0.335 e. The third kappa shape index (κ3) is 4.20. The number of phenolic OH excluding ortho intramolecular Hbond substituents is 1. The van der Waals surface area contributed by atoms with Crippen LogP contribution in [0.4, 0.5) is 0 Å². The molecule has 4 heterocycles. The lowest BCUT2D eigenvalue weighted by atomic mass is 9.85. The summed E-state index contributed by atoms with van der Waals surface area (Å²) in [6.45, 7) is -1.85. The first-order chi connectivity index (χ1) is 20.7. The van der Waals surface area contributed by atoms with Crippen molar-refractivity contribution in [2.45, 2.75) is 56.1 Å². The van der Waals surface area contributed by atoms with Crippen molar-refractivity contribution in [2.75, 3.05) is 13.5 Å². The highest BCUT2D eigenvalue weighted by Gasteiger charge is 2.49. The van der Waals surface area contributed by atoms with Crippen molar-refractivity contribution >= 4 is 28.7 Å². The van der Waals surface area contributed by atoms with E-state index in [-0.39, 0.29) is 12.2 Å². The van der Waals surface area contributed by atoms with Crippen molar-refractivity contribution in [2.24, 2.45) is 0 Å². The largest absolute Gasteiger partial charge is 0.504 e. The fourth-order valence-corrected chi connectivity index (χ4v) is 5.94. The summed E-state index contributed by atoms with van der Waals surface area (Å²) >= 11 is 0. The van der Waals surface area contributed by atoms with Crippen LogP contribution in [0.5, 0.6) is 11.5 Å². The minimum atomic E-state index is -2.82. The molecule has 13 nitrogen and oxygen atoms in total. The number of amides is 2. The average Bonchev–Trinajstić information content (AvgIpc) is 3.33. The van der Waals surface area contributed by atoms with Gasteiger partial charge in [0, 0.05) is 34.1 Å². The summed E-state index contributed by atoms with van der Waals surface area (Å²) in [5.41, 5.74) is 2.83. The Morgan fingerprint density at radius 3 is 2.63 bits per heavy atom. The zero-order chi connectivity index (χ0) is 31.8. The average molecular weight is 571 g/mol. The molecular formula is C28H29N3O10. The van der Waals surface area contributed by atoms with Crippen LogP contribution in [0.2, 0.25) is 0 Å². The van der Waals surface area contributed by atoms with Crippen molar-refractivity contribution in [3.05, 3.63) is 58.8 Å². The summed E-state index contributed by atoms with van der Waals surface area (Å²) in [6, 6.07) is 7.86. The topological polar surface area (TPSA) is 193 Å². The van der Waals surface area contributed by atoms with E-state index in [1.165, 1.54) is 17.0 Å². The molecule has 0 saturated carbocycles. The Kier molecular flexibility index (Phi) is 5.58. The number of hydrogen-bond acceptors (Lipinski definition) is 9. The van der Waals surface area contributed by atoms with Crippen molar-refractivity contribution in [3.8, 4) is 11.5 Å². The second-order valence-electron chi connectivity index (χ2n) is 10.4. The number of aliphatic hydroxyl groups is 3. The van der Waals surface area contributed by atoms with Crippen molar-refractivity contribution in [3.63, 3.8) is 0 Å². The number of nitrogens with one attached hydrogen (secondary N) is 1. The van der Waals surface area contributed by atoms with Crippen LogP contribution in [0.15, 0.2) is 36.4 Å². The lowest BCUT2D eigenvalue weighted by Gasteiger charge is -2.46. The molecule has 0 radical (unpaired) electrons. The van der Waals surface area contributed by atoms with Gasteiger partial charge in [0.05, 0.1) is 12.6 Å². The van der Waals surface area contributed by atoms with E-state index in [0.29, 0.717) is 27.3 Å². The van der Waals surface area contributed by atoms with E-state index >= 15 is 0 Å². The van der Waals surface area contributed by atoms with E-state index in [0.717, 1.165) is 10.9 Å². The molecule has 2 amide bonds. The van der Waals surface area contributed by atoms with Crippen LogP contribution in [0.25, 0.3) is 10.9 Å². The number of aromatic amines is 1. The molecule has 0 spiro atoms. The Balaban J connectivity index is 1.42. The molecule has 13 heteroatoms. The van der Waals surface area contributed by atoms with Gasteiger partial charge in [0.25, 0.3) is 0 Å². The molecule has 216 valence electrons. The Labute approximate surface area is 237 Å². The molecule has 2 aromatic carbocycles. The fraction of sp³-hybridized carbons (Fsp3) is 0.393. The lowest BCUT2D eigenvalue weighted by molar-refractivity contribution is -0.271. The first-order valence-electron chi connectivity index (χ1n) is 14.3. The molecule has 6 rings (SSSR count). The first-order valence-corrected chi connectivity index (χ1v) is 12.8. The molecule has 3 aliphatic heterocycles. The van der Waals surface area contributed by atoms with Gasteiger partial charge >= 0.3 is 5.97 Å². The van der Waals surface area contributed by atoms with E-state index in [9.17, 15) is 39.9 Å². The normalized spacial score (nSPS) is 31.2. The predicted molar refractivity (Wildman–Crippen MR) is 140 cm³/mol. The number of fused-ring (bicyclic) bond motifs is 4. The van der Waals surface area contributed by atoms with Gasteiger partial charge < -0.3 is 49.8 Å². The second kappa shape index (κ2) is 9.73. The highest BCUT2D eigenvalue weighted by atomic mass is 16.7. The van der Waals surface area contributed by atoms with Gasteiger partial charge in [-0.05, 0) is 41.8 Å². The van der Waals surface area contributed by atoms with Crippen LogP contribution in [-0.4, -0.2) is 108 Å². The Morgan fingerprint density at radius 2 is 1.90 bits per heavy atom. The van der Waals surface area contributed by atoms with Gasteiger partial charge in [-0.15, -0.1) is 0 Å². The monoisotopic (exact) mass is 570 g/mol. The molecule has 6 N–H and O–H groups in total. The van der Waals surface area contributed by atoms with Gasteiger partial charge in [0.2, 0.25) is 18.1 Å². The third-order valence-corrected chi connectivity index (χ3v) is 7.96. The number of piperazine rings is 1. The van der Waals surface area contributed by atoms with E-state index in [1.54, 1.807) is 6.92 Å². The first kappa shape index (κ1) is 23.5. The van der Waals surface area contributed by atoms with Crippen molar-refractivity contribution in [1.82, 2.24) is 14.8 Å². The number of aryl methyl sites for hydroxylation is 1. The molecule has 0 bridgehead atoms. The summed E-state index contributed by atoms with van der Waals surface area (Å²) in [6.07, 6.45) is -9.36. The summed E-state index contributed by atoms with van der Waals surface area (Å²) in [7, 11) is 0. The minimum Gasteiger partial charge on any atom is -0.504 e. The number of hydrogen-bond donors (Lipinski definition) is 6. The predicted octanol–water partition coefficient (Wildman–Crippen LogP) is -0.232. The maximum absolute atomic E-state index is 13.6. The molecule has 0 unspecified atom stereocenters. The number of aliphatic hydroxyl groups excluding tert-OH is 3. The SMILES string of the molecule is [2H]C([2H])([2H])N1CC(=O)N2[C@H](c3cc(O)c(O[C@@H]4O[C@H](C(=O)O)[C@@H](O)[C@H](O)[C@H]4O)cc3C)c3[nH]c4ccccc4c3C[C@@H]2C1=O. The summed E-state index contributed by atoms with van der Waals surface area (Å²) in [5, 5.41) is 51.6. The fourth-order valence-electron chi connectivity index (χ4n) is 5.94. The molecule has 41 heavy (non-hydrogen) atoms. The Morgan fingerprint density at radius 1 is 1.15 bits per heavy atom. The number of aliphatic carboxylic acids is 1. The van der Waals surface area contributed by atoms with Gasteiger partial charge in [-0.25, -0.2) is 4.79 Å². The van der Waals surface area contributed by atoms with Crippen LogP contribution in [0, 0.1) is 6.92 Å².